The number of rotatable bonds is 5. The summed E-state index contributed by atoms with van der Waals surface area (Å²) in [6.45, 7) is 2.11. The van der Waals surface area contributed by atoms with Gasteiger partial charge in [-0.3, -0.25) is 9.89 Å². The molecule has 0 fully saturated rings. The zero-order chi connectivity index (χ0) is 15.4. The number of carbonyl (C=O) groups excluding carboxylic acids is 1. The van der Waals surface area contributed by atoms with Crippen molar-refractivity contribution in [3.05, 3.63) is 41.5 Å². The van der Waals surface area contributed by atoms with Crippen LogP contribution in [0.5, 0.6) is 5.75 Å². The van der Waals surface area contributed by atoms with Crippen LogP contribution in [0.2, 0.25) is 0 Å². The number of benzene rings is 1. The van der Waals surface area contributed by atoms with Gasteiger partial charge in [0.25, 0.3) is 0 Å². The summed E-state index contributed by atoms with van der Waals surface area (Å²) in [5, 5.41) is 16.0. The second-order valence-corrected chi connectivity index (χ2v) is 5.01. The molecule has 1 amide bonds. The van der Waals surface area contributed by atoms with Crippen LogP contribution in [0.25, 0.3) is 0 Å². The molecule has 21 heavy (non-hydrogen) atoms. The molecule has 0 radical (unpaired) electrons. The highest BCUT2D eigenvalue weighted by atomic mass is 16.3. The first-order valence-electron chi connectivity index (χ1n) is 6.62. The van der Waals surface area contributed by atoms with Crippen LogP contribution >= 0.6 is 0 Å². The van der Waals surface area contributed by atoms with Crippen LogP contribution in [0.4, 0.5) is 0 Å². The first-order chi connectivity index (χ1) is 9.95. The van der Waals surface area contributed by atoms with Crippen molar-refractivity contribution < 1.29 is 9.90 Å². The van der Waals surface area contributed by atoms with Gasteiger partial charge < -0.3 is 15.7 Å². The van der Waals surface area contributed by atoms with E-state index in [1.807, 2.05) is 0 Å². The Morgan fingerprint density at radius 3 is 2.67 bits per heavy atom. The highest BCUT2D eigenvalue weighted by Crippen LogP contribution is 2.11. The number of hydrogen-bond donors (Lipinski definition) is 3. The first kappa shape index (κ1) is 15.0. The normalized spacial score (nSPS) is 12.1. The van der Waals surface area contributed by atoms with Crippen molar-refractivity contribution in [2.45, 2.75) is 25.9 Å². The summed E-state index contributed by atoms with van der Waals surface area (Å²) in [5.41, 5.74) is 6.84. The molecule has 7 heteroatoms. The zero-order valence-electron chi connectivity index (χ0n) is 12.1. The zero-order valence-corrected chi connectivity index (χ0v) is 12.1. The standard InChI is InChI=1S/C14H19N5O2/c1-9-16-13(18-17-9)8-19(2)14(21)12(15)7-10-3-5-11(20)6-4-10/h3-6,12,20H,7-8,15H2,1-2H3,(H,16,17,18). The predicted molar refractivity (Wildman–Crippen MR) is 77.4 cm³/mol. The number of nitrogens with zero attached hydrogens (tertiary/aromatic N) is 3. The Labute approximate surface area is 122 Å². The van der Waals surface area contributed by atoms with Crippen molar-refractivity contribution in [1.29, 1.82) is 0 Å². The lowest BCUT2D eigenvalue weighted by Gasteiger charge is -2.20. The van der Waals surface area contributed by atoms with Crippen LogP contribution in [-0.4, -0.2) is 44.2 Å². The van der Waals surface area contributed by atoms with Gasteiger partial charge in [-0.15, -0.1) is 0 Å². The number of aromatic amines is 1. The largest absolute Gasteiger partial charge is 0.508 e. The molecule has 4 N–H and O–H groups in total. The molecule has 0 saturated carbocycles. The second kappa shape index (κ2) is 6.36. The maximum atomic E-state index is 12.2. The number of aromatic hydroxyl groups is 1. The summed E-state index contributed by atoms with van der Waals surface area (Å²) < 4.78 is 0. The Morgan fingerprint density at radius 2 is 2.10 bits per heavy atom. The molecule has 2 aromatic rings. The van der Waals surface area contributed by atoms with E-state index in [0.717, 1.165) is 5.56 Å². The fourth-order valence-corrected chi connectivity index (χ4v) is 2.01. The maximum Gasteiger partial charge on any atom is 0.239 e. The minimum atomic E-state index is -0.639. The molecule has 0 saturated heterocycles. The van der Waals surface area contributed by atoms with Crippen LogP contribution in [0.1, 0.15) is 17.2 Å². The summed E-state index contributed by atoms with van der Waals surface area (Å²) in [5.74, 6) is 1.28. The van der Waals surface area contributed by atoms with Crippen LogP contribution in [-0.2, 0) is 17.8 Å². The fourth-order valence-electron chi connectivity index (χ4n) is 2.01. The number of hydrogen-bond acceptors (Lipinski definition) is 5. The first-order valence-corrected chi connectivity index (χ1v) is 6.62. The van der Waals surface area contributed by atoms with E-state index < -0.39 is 6.04 Å². The quantitative estimate of drug-likeness (QED) is 0.736. The van der Waals surface area contributed by atoms with Gasteiger partial charge in [-0.25, -0.2) is 4.98 Å². The SMILES string of the molecule is Cc1nc(CN(C)C(=O)C(N)Cc2ccc(O)cc2)n[nH]1. The molecule has 7 nitrogen and oxygen atoms in total. The monoisotopic (exact) mass is 289 g/mol. The van der Waals surface area contributed by atoms with Crippen LogP contribution in [0.3, 0.4) is 0 Å². The van der Waals surface area contributed by atoms with Gasteiger partial charge in [0.05, 0.1) is 12.6 Å². The van der Waals surface area contributed by atoms with Crippen LogP contribution in [0, 0.1) is 6.92 Å². The second-order valence-electron chi connectivity index (χ2n) is 5.01. The topological polar surface area (TPSA) is 108 Å². The van der Waals surface area contributed by atoms with Crippen molar-refractivity contribution in [3.8, 4) is 5.75 Å². The number of phenolic OH excluding ortho intramolecular Hbond substituents is 1. The van der Waals surface area contributed by atoms with E-state index in [4.69, 9.17) is 5.73 Å². The molecule has 0 aliphatic carbocycles. The lowest BCUT2D eigenvalue weighted by atomic mass is 10.1. The molecule has 1 heterocycles. The lowest BCUT2D eigenvalue weighted by Crippen LogP contribution is -2.42. The van der Waals surface area contributed by atoms with E-state index in [9.17, 15) is 9.90 Å². The van der Waals surface area contributed by atoms with E-state index in [1.165, 1.54) is 4.90 Å². The number of nitrogens with two attached hydrogens (primary N) is 1. The van der Waals surface area contributed by atoms with E-state index in [2.05, 4.69) is 15.2 Å². The van der Waals surface area contributed by atoms with Gasteiger partial charge in [-0.2, -0.15) is 5.10 Å². The number of phenols is 1. The summed E-state index contributed by atoms with van der Waals surface area (Å²) in [6.07, 6.45) is 0.413. The highest BCUT2D eigenvalue weighted by Gasteiger charge is 2.19. The van der Waals surface area contributed by atoms with E-state index in [-0.39, 0.29) is 11.7 Å². The Hall–Kier alpha value is -2.41. The summed E-state index contributed by atoms with van der Waals surface area (Å²) in [6, 6.07) is 6.02. The Bertz CT molecular complexity index is 608. The number of H-pyrrole nitrogens is 1. The van der Waals surface area contributed by atoms with Gasteiger partial charge in [-0.1, -0.05) is 12.1 Å². The van der Waals surface area contributed by atoms with E-state index in [1.54, 1.807) is 38.2 Å². The van der Waals surface area contributed by atoms with Crippen molar-refractivity contribution in [2.24, 2.45) is 5.73 Å². The van der Waals surface area contributed by atoms with Gasteiger partial charge in [0, 0.05) is 7.05 Å². The highest BCUT2D eigenvalue weighted by molar-refractivity contribution is 5.81. The maximum absolute atomic E-state index is 12.2. The van der Waals surface area contributed by atoms with Gasteiger partial charge in [0.1, 0.15) is 11.6 Å². The smallest absolute Gasteiger partial charge is 0.239 e. The van der Waals surface area contributed by atoms with Crippen molar-refractivity contribution in [3.63, 3.8) is 0 Å². The van der Waals surface area contributed by atoms with Gasteiger partial charge in [0.2, 0.25) is 5.91 Å². The number of carbonyl (C=O) groups is 1. The van der Waals surface area contributed by atoms with Crippen LogP contribution < -0.4 is 5.73 Å². The third-order valence-electron chi connectivity index (χ3n) is 3.11. The Morgan fingerprint density at radius 1 is 1.43 bits per heavy atom. The Balaban J connectivity index is 1.93. The third-order valence-corrected chi connectivity index (χ3v) is 3.11. The van der Waals surface area contributed by atoms with Gasteiger partial charge in [0.15, 0.2) is 5.82 Å². The molecule has 1 atom stereocenters. The number of likely N-dealkylation sites (N-methyl/N-ethyl adjacent to an activating group) is 1. The van der Waals surface area contributed by atoms with E-state index >= 15 is 0 Å². The van der Waals surface area contributed by atoms with Crippen molar-refractivity contribution in [1.82, 2.24) is 20.1 Å². The van der Waals surface area contributed by atoms with Crippen LogP contribution in [0.15, 0.2) is 24.3 Å². The molecule has 1 aromatic heterocycles. The molecule has 1 aromatic carbocycles. The van der Waals surface area contributed by atoms with Gasteiger partial charge >= 0.3 is 0 Å². The summed E-state index contributed by atoms with van der Waals surface area (Å²) in [7, 11) is 1.67. The molecular formula is C14H19N5O2. The fraction of sp³-hybridized carbons (Fsp3) is 0.357. The van der Waals surface area contributed by atoms with Crippen molar-refractivity contribution >= 4 is 5.91 Å². The lowest BCUT2D eigenvalue weighted by molar-refractivity contribution is -0.131. The number of nitrogens with one attached hydrogen (secondary N) is 1. The minimum absolute atomic E-state index is 0.175. The molecule has 2 rings (SSSR count). The van der Waals surface area contributed by atoms with E-state index in [0.29, 0.717) is 24.6 Å². The summed E-state index contributed by atoms with van der Waals surface area (Å²) in [4.78, 5) is 17.9. The number of aromatic nitrogens is 3. The molecule has 112 valence electrons. The molecule has 0 spiro atoms. The van der Waals surface area contributed by atoms with Gasteiger partial charge in [-0.05, 0) is 31.0 Å². The number of amides is 1. The molecule has 0 aliphatic rings. The molecule has 0 aliphatic heterocycles. The third kappa shape index (κ3) is 4.03. The number of aryl methyl sites for hydroxylation is 1. The summed E-state index contributed by atoms with van der Waals surface area (Å²) >= 11 is 0. The molecule has 1 unspecified atom stereocenters. The Kier molecular flexibility index (Phi) is 4.54. The predicted octanol–water partition coefficient (Wildman–Crippen LogP) is 0.347. The van der Waals surface area contributed by atoms with Crippen molar-refractivity contribution in [2.75, 3.05) is 7.05 Å². The minimum Gasteiger partial charge on any atom is -0.508 e. The average Bonchev–Trinajstić information content (AvgIpc) is 2.85. The average molecular weight is 289 g/mol. The molecule has 0 bridgehead atoms. The molecular weight excluding hydrogens is 270 g/mol.